The maximum Gasteiger partial charge on any atom is 0.150 e. The van der Waals surface area contributed by atoms with Crippen molar-refractivity contribution in [3.05, 3.63) is 29.3 Å². The van der Waals surface area contributed by atoms with E-state index in [2.05, 4.69) is 11.8 Å². The molecule has 0 radical (unpaired) electrons. The van der Waals surface area contributed by atoms with Gasteiger partial charge in [0.05, 0.1) is 7.11 Å². The minimum absolute atomic E-state index is 0.719. The van der Waals surface area contributed by atoms with Crippen LogP contribution in [0.3, 0.4) is 0 Å². The highest BCUT2D eigenvalue weighted by Gasteiger charge is 2.21. The van der Waals surface area contributed by atoms with Crippen LogP contribution in [0.5, 0.6) is 5.75 Å². The van der Waals surface area contributed by atoms with E-state index in [-0.39, 0.29) is 0 Å². The number of aldehydes is 1. The van der Waals surface area contributed by atoms with E-state index in [0.717, 1.165) is 48.7 Å². The molecule has 1 aliphatic rings. The van der Waals surface area contributed by atoms with Gasteiger partial charge in [-0.25, -0.2) is 0 Å². The molecule has 2 rings (SSSR count). The zero-order valence-corrected chi connectivity index (χ0v) is 11.2. The van der Waals surface area contributed by atoms with Crippen molar-refractivity contribution in [1.82, 2.24) is 4.90 Å². The van der Waals surface area contributed by atoms with Crippen molar-refractivity contribution in [2.45, 2.75) is 26.3 Å². The van der Waals surface area contributed by atoms with Crippen LogP contribution in [0.25, 0.3) is 0 Å². The van der Waals surface area contributed by atoms with Gasteiger partial charge in [-0.2, -0.15) is 0 Å². The summed E-state index contributed by atoms with van der Waals surface area (Å²) in [5.41, 5.74) is 1.83. The number of ether oxygens (including phenoxy) is 1. The van der Waals surface area contributed by atoms with Gasteiger partial charge >= 0.3 is 0 Å². The van der Waals surface area contributed by atoms with Crippen LogP contribution in [0.2, 0.25) is 0 Å². The van der Waals surface area contributed by atoms with Crippen molar-refractivity contribution < 1.29 is 9.53 Å². The first-order valence-corrected chi connectivity index (χ1v) is 6.61. The summed E-state index contributed by atoms with van der Waals surface area (Å²) in [6.45, 7) is 5.43. The molecule has 3 nitrogen and oxygen atoms in total. The van der Waals surface area contributed by atoms with Crippen molar-refractivity contribution in [1.29, 1.82) is 0 Å². The second kappa shape index (κ2) is 6.01. The van der Waals surface area contributed by atoms with E-state index in [1.165, 1.54) is 12.8 Å². The van der Waals surface area contributed by atoms with E-state index < -0.39 is 0 Å². The molecule has 1 unspecified atom stereocenters. The number of carbonyl (C=O) groups is 1. The molecule has 1 saturated heterocycles. The lowest BCUT2D eigenvalue weighted by Gasteiger charge is -2.18. The Morgan fingerprint density at radius 3 is 2.94 bits per heavy atom. The van der Waals surface area contributed by atoms with Crippen molar-refractivity contribution in [3.8, 4) is 5.75 Å². The van der Waals surface area contributed by atoms with Crippen LogP contribution in [0, 0.1) is 5.92 Å². The normalized spacial score (nSPS) is 20.0. The maximum atomic E-state index is 10.8. The van der Waals surface area contributed by atoms with Crippen molar-refractivity contribution in [2.24, 2.45) is 5.92 Å². The van der Waals surface area contributed by atoms with Gasteiger partial charge in [-0.3, -0.25) is 9.69 Å². The largest absolute Gasteiger partial charge is 0.496 e. The molecule has 0 bridgehead atoms. The molecular formula is C15H21NO2. The summed E-state index contributed by atoms with van der Waals surface area (Å²) in [7, 11) is 1.68. The molecule has 0 saturated carbocycles. The SMILES string of the molecule is CCC1CCN(Cc2cc(C=O)ccc2OC)C1. The molecule has 1 fully saturated rings. The summed E-state index contributed by atoms with van der Waals surface area (Å²) in [5, 5.41) is 0. The molecule has 1 aromatic carbocycles. The molecule has 0 aromatic heterocycles. The van der Waals surface area contributed by atoms with Crippen LogP contribution in [0.1, 0.15) is 35.7 Å². The highest BCUT2D eigenvalue weighted by atomic mass is 16.5. The summed E-state index contributed by atoms with van der Waals surface area (Å²) in [6, 6.07) is 5.62. The Balaban J connectivity index is 2.10. The molecule has 1 aromatic rings. The minimum Gasteiger partial charge on any atom is -0.496 e. The Hall–Kier alpha value is -1.35. The van der Waals surface area contributed by atoms with Gasteiger partial charge in [-0.05, 0) is 37.1 Å². The van der Waals surface area contributed by atoms with Gasteiger partial charge < -0.3 is 4.74 Å². The smallest absolute Gasteiger partial charge is 0.150 e. The summed E-state index contributed by atoms with van der Waals surface area (Å²) < 4.78 is 5.37. The van der Waals surface area contributed by atoms with Gasteiger partial charge in [0.2, 0.25) is 0 Å². The van der Waals surface area contributed by atoms with E-state index in [4.69, 9.17) is 4.74 Å². The second-order valence-electron chi connectivity index (χ2n) is 4.99. The summed E-state index contributed by atoms with van der Waals surface area (Å²) in [6.07, 6.45) is 3.43. The van der Waals surface area contributed by atoms with Crippen molar-refractivity contribution >= 4 is 6.29 Å². The Bertz CT molecular complexity index is 417. The number of methoxy groups -OCH3 is 1. The van der Waals surface area contributed by atoms with Crippen molar-refractivity contribution in [2.75, 3.05) is 20.2 Å². The van der Waals surface area contributed by atoms with Gasteiger partial charge in [0, 0.05) is 24.2 Å². The molecule has 1 atom stereocenters. The number of hydrogen-bond acceptors (Lipinski definition) is 3. The maximum absolute atomic E-state index is 10.8. The fraction of sp³-hybridized carbons (Fsp3) is 0.533. The first-order chi connectivity index (χ1) is 8.76. The zero-order chi connectivity index (χ0) is 13.0. The topological polar surface area (TPSA) is 29.5 Å². The standard InChI is InChI=1S/C15H21NO2/c1-3-12-6-7-16(9-12)10-14-8-13(11-17)4-5-15(14)18-2/h4-5,8,11-12H,3,6-7,9-10H2,1-2H3. The van der Waals surface area contributed by atoms with E-state index in [9.17, 15) is 4.79 Å². The Morgan fingerprint density at radius 2 is 2.33 bits per heavy atom. The van der Waals surface area contributed by atoms with Gasteiger partial charge in [0.25, 0.3) is 0 Å². The van der Waals surface area contributed by atoms with Gasteiger partial charge in [0.15, 0.2) is 0 Å². The molecule has 98 valence electrons. The number of hydrogen-bond donors (Lipinski definition) is 0. The fourth-order valence-electron chi connectivity index (χ4n) is 2.63. The molecule has 18 heavy (non-hydrogen) atoms. The third kappa shape index (κ3) is 2.91. The number of carbonyl (C=O) groups excluding carboxylic acids is 1. The molecule has 0 N–H and O–H groups in total. The zero-order valence-electron chi connectivity index (χ0n) is 11.2. The molecule has 0 aliphatic carbocycles. The average Bonchev–Trinajstić information content (AvgIpc) is 2.86. The summed E-state index contributed by atoms with van der Waals surface area (Å²) in [4.78, 5) is 13.3. The number of likely N-dealkylation sites (tertiary alicyclic amines) is 1. The summed E-state index contributed by atoms with van der Waals surface area (Å²) in [5.74, 6) is 1.70. The van der Waals surface area contributed by atoms with E-state index in [1.807, 2.05) is 12.1 Å². The van der Waals surface area contributed by atoms with Crippen LogP contribution in [-0.4, -0.2) is 31.4 Å². The van der Waals surface area contributed by atoms with E-state index in [0.29, 0.717) is 0 Å². The third-order valence-corrected chi connectivity index (χ3v) is 3.78. The van der Waals surface area contributed by atoms with Crippen LogP contribution < -0.4 is 4.74 Å². The Kier molecular flexibility index (Phi) is 4.37. The molecular weight excluding hydrogens is 226 g/mol. The highest BCUT2D eigenvalue weighted by Crippen LogP contribution is 2.25. The first-order valence-electron chi connectivity index (χ1n) is 6.61. The molecule has 1 aliphatic heterocycles. The molecule has 0 amide bonds. The molecule has 0 spiro atoms. The predicted octanol–water partition coefficient (Wildman–Crippen LogP) is 2.74. The lowest BCUT2D eigenvalue weighted by atomic mass is 10.1. The minimum atomic E-state index is 0.719. The number of nitrogens with zero attached hydrogens (tertiary/aromatic N) is 1. The monoisotopic (exact) mass is 247 g/mol. The van der Waals surface area contributed by atoms with Crippen LogP contribution >= 0.6 is 0 Å². The van der Waals surface area contributed by atoms with Crippen molar-refractivity contribution in [3.63, 3.8) is 0 Å². The Labute approximate surface area is 109 Å². The molecule has 1 heterocycles. The third-order valence-electron chi connectivity index (χ3n) is 3.78. The molecule has 3 heteroatoms. The lowest BCUT2D eigenvalue weighted by molar-refractivity contribution is 0.112. The average molecular weight is 247 g/mol. The van der Waals surface area contributed by atoms with Crippen LogP contribution in [-0.2, 0) is 6.54 Å². The van der Waals surface area contributed by atoms with E-state index in [1.54, 1.807) is 13.2 Å². The van der Waals surface area contributed by atoms with Gasteiger partial charge in [0.1, 0.15) is 12.0 Å². The number of rotatable bonds is 5. The van der Waals surface area contributed by atoms with Gasteiger partial charge in [-0.1, -0.05) is 13.3 Å². The highest BCUT2D eigenvalue weighted by molar-refractivity contribution is 5.75. The summed E-state index contributed by atoms with van der Waals surface area (Å²) >= 11 is 0. The fourth-order valence-corrected chi connectivity index (χ4v) is 2.63. The van der Waals surface area contributed by atoms with Gasteiger partial charge in [-0.15, -0.1) is 0 Å². The van der Waals surface area contributed by atoms with Crippen LogP contribution in [0.15, 0.2) is 18.2 Å². The lowest BCUT2D eigenvalue weighted by Crippen LogP contribution is -2.20. The quantitative estimate of drug-likeness (QED) is 0.749. The van der Waals surface area contributed by atoms with Crippen LogP contribution in [0.4, 0.5) is 0 Å². The second-order valence-corrected chi connectivity index (χ2v) is 4.99. The Morgan fingerprint density at radius 1 is 1.50 bits per heavy atom. The first kappa shape index (κ1) is 13.1. The van der Waals surface area contributed by atoms with E-state index >= 15 is 0 Å². The number of benzene rings is 1. The predicted molar refractivity (Wildman–Crippen MR) is 72.1 cm³/mol.